The maximum absolute atomic E-state index is 5.98. The van der Waals surface area contributed by atoms with Crippen LogP contribution in [0.25, 0.3) is 0 Å². The van der Waals surface area contributed by atoms with Crippen LogP contribution in [0, 0.1) is 0 Å². The monoisotopic (exact) mass is 331 g/mol. The number of halogens is 1. The summed E-state index contributed by atoms with van der Waals surface area (Å²) in [5, 5.41) is 2.14. The summed E-state index contributed by atoms with van der Waals surface area (Å²) in [5.74, 6) is 0. The molecule has 18 heavy (non-hydrogen) atoms. The quantitative estimate of drug-likeness (QED) is 0.920. The summed E-state index contributed by atoms with van der Waals surface area (Å²) in [7, 11) is 0. The Kier molecular flexibility index (Phi) is 5.21. The summed E-state index contributed by atoms with van der Waals surface area (Å²) in [5.41, 5.74) is 5.98. The molecule has 102 valence electrons. The van der Waals surface area contributed by atoms with Crippen molar-refractivity contribution in [3.63, 3.8) is 0 Å². The van der Waals surface area contributed by atoms with E-state index in [1.807, 2.05) is 0 Å². The number of nitrogens with two attached hydrogens (primary N) is 1. The molecule has 0 saturated carbocycles. The fourth-order valence-corrected chi connectivity index (χ4v) is 4.11. The molecule has 2 N–H and O–H groups in total. The van der Waals surface area contributed by atoms with Crippen molar-refractivity contribution in [1.82, 2.24) is 9.80 Å². The predicted octanol–water partition coefficient (Wildman–Crippen LogP) is 2.54. The molecule has 1 unspecified atom stereocenters. The molecule has 1 fully saturated rings. The molecule has 0 amide bonds. The van der Waals surface area contributed by atoms with Crippen LogP contribution in [0.5, 0.6) is 0 Å². The smallest absolute Gasteiger partial charge is 0.0565 e. The SMILES string of the molecule is CC(C)N1CCN(C(CN)c2cc(Br)cs2)CC1. The van der Waals surface area contributed by atoms with E-state index in [9.17, 15) is 0 Å². The fraction of sp³-hybridized carbons (Fsp3) is 0.692. The van der Waals surface area contributed by atoms with Crippen LogP contribution in [0.1, 0.15) is 24.8 Å². The normalized spacial score (nSPS) is 20.5. The van der Waals surface area contributed by atoms with Gasteiger partial charge in [0.1, 0.15) is 0 Å². The van der Waals surface area contributed by atoms with E-state index in [0.717, 1.165) is 26.2 Å². The minimum atomic E-state index is 0.385. The lowest BCUT2D eigenvalue weighted by Gasteiger charge is -2.40. The summed E-state index contributed by atoms with van der Waals surface area (Å²) >= 11 is 5.33. The Bertz CT molecular complexity index is 372. The molecular formula is C13H22BrN3S. The predicted molar refractivity (Wildman–Crippen MR) is 82.1 cm³/mol. The summed E-state index contributed by atoms with van der Waals surface area (Å²) in [6, 6.07) is 3.24. The van der Waals surface area contributed by atoms with Gasteiger partial charge in [-0.1, -0.05) is 0 Å². The molecule has 2 heterocycles. The summed E-state index contributed by atoms with van der Waals surface area (Å²) in [4.78, 5) is 6.44. The second-order valence-corrected chi connectivity index (χ2v) is 6.94. The Morgan fingerprint density at radius 2 is 1.89 bits per heavy atom. The van der Waals surface area contributed by atoms with Gasteiger partial charge in [0.15, 0.2) is 0 Å². The van der Waals surface area contributed by atoms with Crippen molar-refractivity contribution in [1.29, 1.82) is 0 Å². The van der Waals surface area contributed by atoms with E-state index < -0.39 is 0 Å². The number of hydrogen-bond donors (Lipinski definition) is 1. The first-order valence-electron chi connectivity index (χ1n) is 6.54. The van der Waals surface area contributed by atoms with Gasteiger partial charge in [-0.25, -0.2) is 0 Å². The van der Waals surface area contributed by atoms with Gasteiger partial charge in [0.2, 0.25) is 0 Å². The average Bonchev–Trinajstić information content (AvgIpc) is 2.77. The molecule has 0 aliphatic carbocycles. The third-order valence-corrected chi connectivity index (χ3v) is 5.45. The average molecular weight is 332 g/mol. The van der Waals surface area contributed by atoms with Gasteiger partial charge in [-0.05, 0) is 35.8 Å². The molecule has 1 aliphatic rings. The zero-order chi connectivity index (χ0) is 13.1. The molecule has 0 bridgehead atoms. The minimum absolute atomic E-state index is 0.385. The van der Waals surface area contributed by atoms with E-state index in [1.165, 1.54) is 9.35 Å². The highest BCUT2D eigenvalue weighted by Gasteiger charge is 2.25. The molecular weight excluding hydrogens is 310 g/mol. The Morgan fingerprint density at radius 3 is 2.33 bits per heavy atom. The van der Waals surface area contributed by atoms with Crippen LogP contribution in [0.15, 0.2) is 15.9 Å². The first-order chi connectivity index (χ1) is 8.61. The van der Waals surface area contributed by atoms with E-state index in [4.69, 9.17) is 5.73 Å². The maximum atomic E-state index is 5.98. The maximum Gasteiger partial charge on any atom is 0.0565 e. The van der Waals surface area contributed by atoms with Gasteiger partial charge in [0.25, 0.3) is 0 Å². The number of thiophene rings is 1. The zero-order valence-electron chi connectivity index (χ0n) is 11.1. The zero-order valence-corrected chi connectivity index (χ0v) is 13.5. The van der Waals surface area contributed by atoms with E-state index in [0.29, 0.717) is 18.6 Å². The molecule has 0 aromatic carbocycles. The highest BCUT2D eigenvalue weighted by Crippen LogP contribution is 2.29. The largest absolute Gasteiger partial charge is 0.329 e. The van der Waals surface area contributed by atoms with E-state index in [1.54, 1.807) is 11.3 Å². The Balaban J connectivity index is 1.98. The van der Waals surface area contributed by atoms with E-state index in [2.05, 4.69) is 51.0 Å². The summed E-state index contributed by atoms with van der Waals surface area (Å²) < 4.78 is 1.17. The van der Waals surface area contributed by atoms with Crippen molar-refractivity contribution in [2.75, 3.05) is 32.7 Å². The van der Waals surface area contributed by atoms with Gasteiger partial charge in [-0.2, -0.15) is 0 Å². The molecule has 1 aromatic rings. The first kappa shape index (κ1) is 14.5. The standard InChI is InChI=1S/C13H22BrN3S/c1-10(2)16-3-5-17(6-4-16)12(8-15)13-7-11(14)9-18-13/h7,9-10,12H,3-6,8,15H2,1-2H3. The third kappa shape index (κ3) is 3.33. The number of rotatable bonds is 4. The fourth-order valence-electron chi connectivity index (χ4n) is 2.51. The Morgan fingerprint density at radius 1 is 1.28 bits per heavy atom. The molecule has 1 aliphatic heterocycles. The van der Waals surface area contributed by atoms with Crippen LogP contribution < -0.4 is 5.73 Å². The van der Waals surface area contributed by atoms with Crippen LogP contribution in [-0.2, 0) is 0 Å². The Labute approximate surface area is 122 Å². The van der Waals surface area contributed by atoms with Crippen molar-refractivity contribution >= 4 is 27.3 Å². The molecule has 0 spiro atoms. The summed E-state index contributed by atoms with van der Waals surface area (Å²) in [6.45, 7) is 9.79. The Hall–Kier alpha value is 0.0600. The summed E-state index contributed by atoms with van der Waals surface area (Å²) in [6.07, 6.45) is 0. The second-order valence-electron chi connectivity index (χ2n) is 5.08. The van der Waals surface area contributed by atoms with Gasteiger partial charge in [-0.15, -0.1) is 11.3 Å². The molecule has 1 atom stereocenters. The van der Waals surface area contributed by atoms with Crippen LogP contribution in [0.4, 0.5) is 0 Å². The van der Waals surface area contributed by atoms with Gasteiger partial charge in [-0.3, -0.25) is 9.80 Å². The molecule has 1 saturated heterocycles. The van der Waals surface area contributed by atoms with Crippen molar-refractivity contribution in [2.24, 2.45) is 5.73 Å². The number of nitrogens with zero attached hydrogens (tertiary/aromatic N) is 2. The molecule has 2 rings (SSSR count). The molecule has 1 aromatic heterocycles. The van der Waals surface area contributed by atoms with Crippen molar-refractivity contribution in [3.05, 3.63) is 20.8 Å². The van der Waals surface area contributed by atoms with E-state index >= 15 is 0 Å². The third-order valence-electron chi connectivity index (χ3n) is 3.66. The molecule has 0 radical (unpaired) electrons. The van der Waals surface area contributed by atoms with Crippen LogP contribution in [0.3, 0.4) is 0 Å². The van der Waals surface area contributed by atoms with Crippen molar-refractivity contribution in [3.8, 4) is 0 Å². The lowest BCUT2D eigenvalue weighted by atomic mass is 10.1. The van der Waals surface area contributed by atoms with Crippen molar-refractivity contribution < 1.29 is 0 Å². The lowest BCUT2D eigenvalue weighted by Crippen LogP contribution is -2.50. The van der Waals surface area contributed by atoms with Gasteiger partial charge < -0.3 is 5.73 Å². The number of piperazine rings is 1. The highest BCUT2D eigenvalue weighted by molar-refractivity contribution is 9.10. The number of hydrogen-bond acceptors (Lipinski definition) is 4. The first-order valence-corrected chi connectivity index (χ1v) is 8.21. The minimum Gasteiger partial charge on any atom is -0.329 e. The van der Waals surface area contributed by atoms with Gasteiger partial charge >= 0.3 is 0 Å². The van der Waals surface area contributed by atoms with Crippen LogP contribution in [-0.4, -0.2) is 48.6 Å². The molecule has 5 heteroatoms. The van der Waals surface area contributed by atoms with Gasteiger partial charge in [0, 0.05) is 53.5 Å². The second kappa shape index (κ2) is 6.48. The van der Waals surface area contributed by atoms with Crippen LogP contribution in [0.2, 0.25) is 0 Å². The van der Waals surface area contributed by atoms with E-state index in [-0.39, 0.29) is 0 Å². The van der Waals surface area contributed by atoms with Gasteiger partial charge in [0.05, 0.1) is 6.04 Å². The topological polar surface area (TPSA) is 32.5 Å². The van der Waals surface area contributed by atoms with Crippen LogP contribution >= 0.6 is 27.3 Å². The van der Waals surface area contributed by atoms with Crippen molar-refractivity contribution in [2.45, 2.75) is 25.9 Å². The highest BCUT2D eigenvalue weighted by atomic mass is 79.9. The lowest BCUT2D eigenvalue weighted by molar-refractivity contribution is 0.0813. The molecule has 3 nitrogen and oxygen atoms in total.